The summed E-state index contributed by atoms with van der Waals surface area (Å²) in [4.78, 5) is 11.8. The van der Waals surface area contributed by atoms with Gasteiger partial charge in [-0.15, -0.1) is 5.10 Å². The monoisotopic (exact) mass is 222 g/mol. The molecule has 0 unspecified atom stereocenters. The van der Waals surface area contributed by atoms with Crippen molar-refractivity contribution in [1.82, 2.24) is 15.4 Å². The van der Waals surface area contributed by atoms with E-state index in [1.54, 1.807) is 12.1 Å². The summed E-state index contributed by atoms with van der Waals surface area (Å²) < 4.78 is 0. The molecule has 2 rings (SSSR count). The van der Waals surface area contributed by atoms with Crippen LogP contribution in [-0.2, 0) is 0 Å². The van der Waals surface area contributed by atoms with Gasteiger partial charge in [-0.05, 0) is 18.2 Å². The van der Waals surface area contributed by atoms with Crippen LogP contribution >= 0.6 is 11.6 Å². The van der Waals surface area contributed by atoms with Crippen molar-refractivity contribution in [2.45, 2.75) is 0 Å². The zero-order valence-electron chi connectivity index (χ0n) is 7.57. The second kappa shape index (κ2) is 3.70. The second-order valence-corrected chi connectivity index (χ2v) is 3.37. The van der Waals surface area contributed by atoms with E-state index >= 15 is 0 Å². The number of nitrogens with zero attached hydrogens (tertiary/aromatic N) is 2. The predicted molar refractivity (Wildman–Crippen MR) is 55.7 cm³/mol. The minimum absolute atomic E-state index is 0.278. The van der Waals surface area contributed by atoms with Crippen LogP contribution in [0.15, 0.2) is 24.4 Å². The van der Waals surface area contributed by atoms with Crippen LogP contribution in [0.4, 0.5) is 5.69 Å². The number of halogens is 1. The van der Waals surface area contributed by atoms with E-state index in [0.717, 1.165) is 0 Å². The minimum atomic E-state index is -0.278. The van der Waals surface area contributed by atoms with Crippen molar-refractivity contribution in [1.29, 1.82) is 0 Å². The van der Waals surface area contributed by atoms with E-state index in [1.807, 2.05) is 0 Å². The minimum Gasteiger partial charge on any atom is -0.398 e. The molecule has 0 spiro atoms. The Hall–Kier alpha value is -1.88. The number of aromatic amines is 1. The Morgan fingerprint density at radius 1 is 1.47 bits per heavy atom. The van der Waals surface area contributed by atoms with Gasteiger partial charge in [-0.2, -0.15) is 0 Å². The SMILES string of the molecule is Nc1ccc(Cl)cc1C(=O)c1cnn[nH]1. The van der Waals surface area contributed by atoms with Gasteiger partial charge in [-0.3, -0.25) is 9.89 Å². The van der Waals surface area contributed by atoms with Crippen molar-refractivity contribution >= 4 is 23.1 Å². The van der Waals surface area contributed by atoms with Crippen molar-refractivity contribution in [3.8, 4) is 0 Å². The fourth-order valence-electron chi connectivity index (χ4n) is 1.18. The number of carbonyl (C=O) groups is 1. The van der Waals surface area contributed by atoms with Crippen LogP contribution in [0, 0.1) is 0 Å². The van der Waals surface area contributed by atoms with Gasteiger partial charge >= 0.3 is 0 Å². The summed E-state index contributed by atoms with van der Waals surface area (Å²) >= 11 is 5.77. The highest BCUT2D eigenvalue weighted by Gasteiger charge is 2.14. The van der Waals surface area contributed by atoms with E-state index in [0.29, 0.717) is 16.3 Å². The van der Waals surface area contributed by atoms with Crippen molar-refractivity contribution < 1.29 is 4.79 Å². The van der Waals surface area contributed by atoms with Crippen LogP contribution in [-0.4, -0.2) is 21.2 Å². The van der Waals surface area contributed by atoms with Crippen LogP contribution in [0.2, 0.25) is 5.02 Å². The average molecular weight is 223 g/mol. The van der Waals surface area contributed by atoms with Gasteiger partial charge in [-0.25, -0.2) is 0 Å². The number of benzene rings is 1. The lowest BCUT2D eigenvalue weighted by Gasteiger charge is -2.02. The third-order valence-corrected chi connectivity index (χ3v) is 2.15. The molecule has 2 aromatic rings. The number of nitrogens with two attached hydrogens (primary N) is 1. The number of hydrogen-bond acceptors (Lipinski definition) is 4. The maximum absolute atomic E-state index is 11.8. The van der Waals surface area contributed by atoms with Crippen molar-refractivity contribution in [2.24, 2.45) is 0 Å². The lowest BCUT2D eigenvalue weighted by molar-refractivity contribution is 0.103. The first kappa shape index (κ1) is 9.67. The van der Waals surface area contributed by atoms with Crippen LogP contribution in [0.5, 0.6) is 0 Å². The van der Waals surface area contributed by atoms with Gasteiger partial charge in [-0.1, -0.05) is 16.8 Å². The third kappa shape index (κ3) is 1.82. The molecule has 3 N–H and O–H groups in total. The molecule has 0 aliphatic heterocycles. The van der Waals surface area contributed by atoms with E-state index in [4.69, 9.17) is 17.3 Å². The topological polar surface area (TPSA) is 84.7 Å². The van der Waals surface area contributed by atoms with Crippen molar-refractivity contribution in [3.63, 3.8) is 0 Å². The van der Waals surface area contributed by atoms with Crippen LogP contribution in [0.25, 0.3) is 0 Å². The molecular weight excluding hydrogens is 216 g/mol. The molecule has 6 heteroatoms. The molecule has 1 heterocycles. The number of ketones is 1. The highest BCUT2D eigenvalue weighted by molar-refractivity contribution is 6.31. The Labute approximate surface area is 90.2 Å². The molecule has 15 heavy (non-hydrogen) atoms. The van der Waals surface area contributed by atoms with Crippen molar-refractivity contribution in [2.75, 3.05) is 5.73 Å². The van der Waals surface area contributed by atoms with Gasteiger partial charge < -0.3 is 5.73 Å². The van der Waals surface area contributed by atoms with E-state index < -0.39 is 0 Å². The maximum atomic E-state index is 11.8. The average Bonchev–Trinajstić information content (AvgIpc) is 2.74. The molecule has 0 saturated heterocycles. The summed E-state index contributed by atoms with van der Waals surface area (Å²) in [6.07, 6.45) is 1.34. The van der Waals surface area contributed by atoms with E-state index in [9.17, 15) is 4.79 Å². The maximum Gasteiger partial charge on any atom is 0.214 e. The molecule has 5 nitrogen and oxygen atoms in total. The van der Waals surface area contributed by atoms with Gasteiger partial charge in [0.25, 0.3) is 0 Å². The Bertz CT molecular complexity index is 495. The van der Waals surface area contributed by atoms with E-state index in [1.165, 1.54) is 12.3 Å². The van der Waals surface area contributed by atoms with Gasteiger partial charge in [0, 0.05) is 16.3 Å². The fourth-order valence-corrected chi connectivity index (χ4v) is 1.35. The predicted octanol–water partition coefficient (Wildman–Crippen LogP) is 1.27. The zero-order chi connectivity index (χ0) is 10.8. The van der Waals surface area contributed by atoms with Gasteiger partial charge in [0.1, 0.15) is 5.69 Å². The highest BCUT2D eigenvalue weighted by Crippen LogP contribution is 2.20. The molecule has 0 aliphatic carbocycles. The molecule has 0 aliphatic rings. The molecule has 0 fully saturated rings. The number of aromatic nitrogens is 3. The third-order valence-electron chi connectivity index (χ3n) is 1.92. The summed E-state index contributed by atoms with van der Waals surface area (Å²) in [6, 6.07) is 4.72. The molecule has 0 atom stereocenters. The van der Waals surface area contributed by atoms with Gasteiger partial charge in [0.05, 0.1) is 6.20 Å². The summed E-state index contributed by atoms with van der Waals surface area (Å²) in [6.45, 7) is 0. The second-order valence-electron chi connectivity index (χ2n) is 2.93. The molecule has 1 aromatic heterocycles. The summed E-state index contributed by atoms with van der Waals surface area (Å²) in [5, 5.41) is 9.90. The molecular formula is C9H7ClN4O. The zero-order valence-corrected chi connectivity index (χ0v) is 8.32. The lowest BCUT2D eigenvalue weighted by Crippen LogP contribution is -2.05. The molecule has 0 bridgehead atoms. The molecule has 0 radical (unpaired) electrons. The van der Waals surface area contributed by atoms with Crippen molar-refractivity contribution in [3.05, 3.63) is 40.7 Å². The largest absolute Gasteiger partial charge is 0.398 e. The number of carbonyl (C=O) groups excluding carboxylic acids is 1. The first-order chi connectivity index (χ1) is 7.18. The Kier molecular flexibility index (Phi) is 2.39. The van der Waals surface area contributed by atoms with E-state index in [-0.39, 0.29) is 11.5 Å². The molecule has 1 aromatic carbocycles. The van der Waals surface area contributed by atoms with Crippen LogP contribution in [0.3, 0.4) is 0 Å². The van der Waals surface area contributed by atoms with Crippen LogP contribution < -0.4 is 5.73 Å². The first-order valence-corrected chi connectivity index (χ1v) is 4.52. The summed E-state index contributed by atoms with van der Waals surface area (Å²) in [5.74, 6) is -0.278. The number of nitrogen functional groups attached to an aromatic ring is 1. The van der Waals surface area contributed by atoms with Gasteiger partial charge in [0.15, 0.2) is 0 Å². The number of rotatable bonds is 2. The molecule has 76 valence electrons. The number of nitrogens with one attached hydrogen (secondary N) is 1. The Balaban J connectivity index is 2.46. The standard InChI is InChI=1S/C9H7ClN4O/c10-5-1-2-7(11)6(3-5)9(15)8-4-12-14-13-8/h1-4H,11H2,(H,12,13,14). The lowest BCUT2D eigenvalue weighted by atomic mass is 10.1. The molecule has 0 saturated carbocycles. The summed E-state index contributed by atoms with van der Waals surface area (Å²) in [5.41, 5.74) is 6.66. The summed E-state index contributed by atoms with van der Waals surface area (Å²) in [7, 11) is 0. The number of anilines is 1. The number of H-pyrrole nitrogens is 1. The number of hydrogen-bond donors (Lipinski definition) is 2. The molecule has 0 amide bonds. The Morgan fingerprint density at radius 2 is 2.27 bits per heavy atom. The smallest absolute Gasteiger partial charge is 0.214 e. The fraction of sp³-hybridized carbons (Fsp3) is 0. The highest BCUT2D eigenvalue weighted by atomic mass is 35.5. The Morgan fingerprint density at radius 3 is 2.93 bits per heavy atom. The normalized spacial score (nSPS) is 10.2. The van der Waals surface area contributed by atoms with Gasteiger partial charge in [0.2, 0.25) is 5.78 Å². The first-order valence-electron chi connectivity index (χ1n) is 4.14. The quantitative estimate of drug-likeness (QED) is 0.592. The van der Waals surface area contributed by atoms with Crippen LogP contribution in [0.1, 0.15) is 16.1 Å². The van der Waals surface area contributed by atoms with E-state index in [2.05, 4.69) is 15.4 Å².